The third-order valence-corrected chi connectivity index (χ3v) is 4.04. The zero-order chi connectivity index (χ0) is 17.8. The molecule has 6 nitrogen and oxygen atoms in total. The molecule has 0 radical (unpaired) electrons. The number of aryl methyl sites for hydroxylation is 2. The summed E-state index contributed by atoms with van der Waals surface area (Å²) < 4.78 is 1.79. The fraction of sp³-hybridized carbons (Fsp3) is 0.100. The molecule has 0 spiro atoms. The largest absolute Gasteiger partial charge is 0.304 e. The molecule has 3 heterocycles. The number of hydrogen-bond acceptors (Lipinski definition) is 4. The van der Waals surface area contributed by atoms with E-state index in [1.54, 1.807) is 23.0 Å². The second kappa shape index (κ2) is 7.14. The van der Waals surface area contributed by atoms with E-state index in [1.165, 1.54) is 0 Å². The van der Waals surface area contributed by atoms with Crippen LogP contribution in [-0.4, -0.2) is 25.7 Å². The first kappa shape index (κ1) is 16.0. The molecule has 0 aliphatic rings. The van der Waals surface area contributed by atoms with E-state index in [0.29, 0.717) is 18.1 Å². The molecule has 1 aromatic carbocycles. The Labute approximate surface area is 150 Å². The van der Waals surface area contributed by atoms with Crippen molar-refractivity contribution in [1.29, 1.82) is 0 Å². The molecule has 0 aliphatic heterocycles. The first-order valence-electron chi connectivity index (χ1n) is 8.38. The molecule has 0 fully saturated rings. The van der Waals surface area contributed by atoms with E-state index >= 15 is 0 Å². The summed E-state index contributed by atoms with van der Waals surface area (Å²) in [6.07, 6.45) is 4.40. The normalized spacial score (nSPS) is 10.8. The fourth-order valence-corrected chi connectivity index (χ4v) is 2.70. The molecule has 3 aromatic heterocycles. The standard InChI is InChI=1S/C20H17N5O/c26-20(18-9-8-15-5-1-2-7-17(15)22-18)23-19-11-14-25(24-19)13-10-16-6-3-4-12-21-16/h1-9,11-12,14H,10,13H2,(H,23,24,26). The van der Waals surface area contributed by atoms with E-state index in [2.05, 4.69) is 20.4 Å². The van der Waals surface area contributed by atoms with Gasteiger partial charge in [-0.25, -0.2) is 4.98 Å². The molecule has 0 unspecified atom stereocenters. The highest BCUT2D eigenvalue weighted by atomic mass is 16.1. The maximum absolute atomic E-state index is 12.4. The number of carbonyl (C=O) groups is 1. The number of aromatic nitrogens is 4. The van der Waals surface area contributed by atoms with Crippen LogP contribution in [0.25, 0.3) is 10.9 Å². The lowest BCUT2D eigenvalue weighted by Crippen LogP contribution is -2.14. The van der Waals surface area contributed by atoms with Crippen molar-refractivity contribution in [3.05, 3.63) is 84.4 Å². The van der Waals surface area contributed by atoms with Crippen LogP contribution in [0.4, 0.5) is 5.82 Å². The van der Waals surface area contributed by atoms with Crippen molar-refractivity contribution < 1.29 is 4.79 Å². The van der Waals surface area contributed by atoms with E-state index in [4.69, 9.17) is 0 Å². The first-order valence-corrected chi connectivity index (χ1v) is 8.38. The van der Waals surface area contributed by atoms with E-state index in [9.17, 15) is 4.79 Å². The minimum absolute atomic E-state index is 0.272. The summed E-state index contributed by atoms with van der Waals surface area (Å²) in [6.45, 7) is 0.696. The molecule has 0 saturated heterocycles. The molecule has 1 N–H and O–H groups in total. The number of nitrogens with zero attached hydrogens (tertiary/aromatic N) is 4. The number of benzene rings is 1. The molecule has 6 heteroatoms. The van der Waals surface area contributed by atoms with Gasteiger partial charge in [0, 0.05) is 42.5 Å². The van der Waals surface area contributed by atoms with Crippen molar-refractivity contribution in [3.63, 3.8) is 0 Å². The predicted octanol–water partition coefficient (Wildman–Crippen LogP) is 3.32. The Morgan fingerprint density at radius 2 is 1.88 bits per heavy atom. The van der Waals surface area contributed by atoms with Crippen LogP contribution in [0.1, 0.15) is 16.2 Å². The van der Waals surface area contributed by atoms with Gasteiger partial charge in [0.15, 0.2) is 5.82 Å². The number of fused-ring (bicyclic) bond motifs is 1. The van der Waals surface area contributed by atoms with Gasteiger partial charge in [-0.15, -0.1) is 0 Å². The summed E-state index contributed by atoms with van der Waals surface area (Å²) in [5.74, 6) is 0.233. The lowest BCUT2D eigenvalue weighted by Gasteiger charge is -2.04. The Morgan fingerprint density at radius 1 is 1.00 bits per heavy atom. The number of pyridine rings is 2. The summed E-state index contributed by atoms with van der Waals surface area (Å²) >= 11 is 0. The van der Waals surface area contributed by atoms with Gasteiger partial charge in [-0.1, -0.05) is 30.3 Å². The summed E-state index contributed by atoms with van der Waals surface area (Å²) in [5.41, 5.74) is 2.17. The number of anilines is 1. The highest BCUT2D eigenvalue weighted by molar-refractivity contribution is 6.03. The van der Waals surface area contributed by atoms with Gasteiger partial charge in [0.1, 0.15) is 5.69 Å². The quantitative estimate of drug-likeness (QED) is 0.603. The van der Waals surface area contributed by atoms with E-state index < -0.39 is 0 Å². The first-order chi connectivity index (χ1) is 12.8. The Balaban J connectivity index is 1.42. The van der Waals surface area contributed by atoms with E-state index in [-0.39, 0.29) is 5.91 Å². The highest BCUT2D eigenvalue weighted by Crippen LogP contribution is 2.13. The van der Waals surface area contributed by atoms with E-state index in [1.807, 2.05) is 54.7 Å². The van der Waals surface area contributed by atoms with Crippen LogP contribution in [0.3, 0.4) is 0 Å². The number of rotatable bonds is 5. The SMILES string of the molecule is O=C(Nc1ccn(CCc2ccccn2)n1)c1ccc2ccccc2n1. The molecule has 0 bridgehead atoms. The molecule has 128 valence electrons. The van der Waals surface area contributed by atoms with Gasteiger partial charge in [-0.3, -0.25) is 14.5 Å². The van der Waals surface area contributed by atoms with Gasteiger partial charge in [-0.05, 0) is 24.3 Å². The smallest absolute Gasteiger partial charge is 0.275 e. The van der Waals surface area contributed by atoms with Gasteiger partial charge >= 0.3 is 0 Å². The van der Waals surface area contributed by atoms with Crippen LogP contribution >= 0.6 is 0 Å². The van der Waals surface area contributed by atoms with Crippen LogP contribution in [0, 0.1) is 0 Å². The number of nitrogens with one attached hydrogen (secondary N) is 1. The second-order valence-corrected chi connectivity index (χ2v) is 5.88. The molecule has 0 atom stereocenters. The molecule has 4 rings (SSSR count). The van der Waals surface area contributed by atoms with Crippen molar-refractivity contribution >= 4 is 22.6 Å². The van der Waals surface area contributed by atoms with Gasteiger partial charge in [0.05, 0.1) is 5.52 Å². The van der Waals surface area contributed by atoms with Crippen LogP contribution in [-0.2, 0) is 13.0 Å². The Morgan fingerprint density at radius 3 is 2.77 bits per heavy atom. The Bertz CT molecular complexity index is 1040. The minimum Gasteiger partial charge on any atom is -0.304 e. The maximum atomic E-state index is 12.4. The number of carbonyl (C=O) groups excluding carboxylic acids is 1. The molecular weight excluding hydrogens is 326 g/mol. The third-order valence-electron chi connectivity index (χ3n) is 4.04. The lowest BCUT2D eigenvalue weighted by molar-refractivity contribution is 0.102. The van der Waals surface area contributed by atoms with Gasteiger partial charge < -0.3 is 5.32 Å². The van der Waals surface area contributed by atoms with Crippen molar-refractivity contribution in [2.75, 3.05) is 5.32 Å². The Hall–Kier alpha value is -3.54. The third kappa shape index (κ3) is 3.59. The van der Waals surface area contributed by atoms with Crippen molar-refractivity contribution in [2.45, 2.75) is 13.0 Å². The van der Waals surface area contributed by atoms with Gasteiger partial charge in [0.25, 0.3) is 5.91 Å². The number of para-hydroxylation sites is 1. The van der Waals surface area contributed by atoms with Gasteiger partial charge in [0.2, 0.25) is 0 Å². The summed E-state index contributed by atoms with van der Waals surface area (Å²) in [4.78, 5) is 21.1. The van der Waals surface area contributed by atoms with Gasteiger partial charge in [-0.2, -0.15) is 5.10 Å². The van der Waals surface area contributed by atoms with Crippen LogP contribution < -0.4 is 5.32 Å². The number of amides is 1. The molecular formula is C20H17N5O. The zero-order valence-electron chi connectivity index (χ0n) is 14.0. The molecule has 26 heavy (non-hydrogen) atoms. The van der Waals surface area contributed by atoms with Crippen molar-refractivity contribution in [1.82, 2.24) is 19.7 Å². The molecule has 0 saturated carbocycles. The zero-order valence-corrected chi connectivity index (χ0v) is 14.0. The predicted molar refractivity (Wildman–Crippen MR) is 99.9 cm³/mol. The summed E-state index contributed by atoms with van der Waals surface area (Å²) in [5, 5.41) is 8.18. The van der Waals surface area contributed by atoms with Crippen LogP contribution in [0.2, 0.25) is 0 Å². The molecule has 1 amide bonds. The lowest BCUT2D eigenvalue weighted by atomic mass is 10.2. The topological polar surface area (TPSA) is 72.7 Å². The summed E-state index contributed by atoms with van der Waals surface area (Å²) in [6, 6.07) is 18.9. The van der Waals surface area contributed by atoms with Crippen LogP contribution in [0.15, 0.2) is 73.1 Å². The average Bonchev–Trinajstić information content (AvgIpc) is 3.14. The summed E-state index contributed by atoms with van der Waals surface area (Å²) in [7, 11) is 0. The monoisotopic (exact) mass is 343 g/mol. The number of hydrogen-bond donors (Lipinski definition) is 1. The van der Waals surface area contributed by atoms with Crippen molar-refractivity contribution in [2.24, 2.45) is 0 Å². The van der Waals surface area contributed by atoms with Crippen LogP contribution in [0.5, 0.6) is 0 Å². The highest BCUT2D eigenvalue weighted by Gasteiger charge is 2.10. The second-order valence-electron chi connectivity index (χ2n) is 5.88. The fourth-order valence-electron chi connectivity index (χ4n) is 2.70. The van der Waals surface area contributed by atoms with Crippen molar-refractivity contribution in [3.8, 4) is 0 Å². The average molecular weight is 343 g/mol. The van der Waals surface area contributed by atoms with E-state index in [0.717, 1.165) is 23.0 Å². The minimum atomic E-state index is -0.272. The molecule has 4 aromatic rings. The maximum Gasteiger partial charge on any atom is 0.275 e. The molecule has 0 aliphatic carbocycles. The Kier molecular flexibility index (Phi) is 4.38.